The molecule has 0 atom stereocenters. The molecule has 0 bridgehead atoms. The van der Waals surface area contributed by atoms with Crippen LogP contribution in [0, 0.1) is 5.82 Å². The second kappa shape index (κ2) is 6.71. The molecular weight excluding hydrogens is 311 g/mol. The van der Waals surface area contributed by atoms with E-state index in [2.05, 4.69) is 29.4 Å². The third kappa shape index (κ3) is 3.63. The third-order valence-corrected chi connectivity index (χ3v) is 4.25. The summed E-state index contributed by atoms with van der Waals surface area (Å²) in [6.45, 7) is 2.11. The van der Waals surface area contributed by atoms with E-state index in [1.165, 1.54) is 41.2 Å². The quantitative estimate of drug-likeness (QED) is 0.751. The first-order chi connectivity index (χ1) is 11.2. The maximum absolute atomic E-state index is 12.9. The van der Waals surface area contributed by atoms with Gasteiger partial charge in [-0.3, -0.25) is 10.1 Å². The van der Waals surface area contributed by atoms with Gasteiger partial charge in [0.1, 0.15) is 5.82 Å². The number of nitrogens with zero attached hydrogens (tertiary/aromatic N) is 1. The zero-order chi connectivity index (χ0) is 16.2. The Kier molecular flexibility index (Phi) is 4.48. The van der Waals surface area contributed by atoms with Crippen molar-refractivity contribution in [1.29, 1.82) is 0 Å². The van der Waals surface area contributed by atoms with Crippen LogP contribution in [0.4, 0.5) is 9.52 Å². The number of carbonyl (C=O) groups is 1. The first-order valence-corrected chi connectivity index (χ1v) is 8.15. The lowest BCUT2D eigenvalue weighted by molar-refractivity contribution is 0.102. The maximum Gasteiger partial charge on any atom is 0.257 e. The minimum atomic E-state index is -0.367. The molecule has 3 aromatic rings. The van der Waals surface area contributed by atoms with Crippen molar-refractivity contribution in [3.8, 4) is 11.3 Å². The van der Waals surface area contributed by atoms with Gasteiger partial charge in [-0.05, 0) is 36.2 Å². The van der Waals surface area contributed by atoms with Crippen LogP contribution in [0.2, 0.25) is 0 Å². The summed E-state index contributed by atoms with van der Waals surface area (Å²) >= 11 is 1.36. The number of rotatable bonds is 4. The molecular formula is C18H15FN2OS. The predicted octanol–water partition coefficient (Wildman–Crippen LogP) is 4.76. The van der Waals surface area contributed by atoms with Crippen LogP contribution >= 0.6 is 11.3 Å². The van der Waals surface area contributed by atoms with Gasteiger partial charge in [0.15, 0.2) is 5.13 Å². The number of hydrogen-bond donors (Lipinski definition) is 1. The molecule has 1 amide bonds. The molecule has 3 rings (SSSR count). The molecule has 0 aliphatic rings. The molecule has 0 aliphatic carbocycles. The highest BCUT2D eigenvalue weighted by atomic mass is 32.1. The van der Waals surface area contributed by atoms with Crippen LogP contribution in [0.1, 0.15) is 22.8 Å². The van der Waals surface area contributed by atoms with Gasteiger partial charge in [0.25, 0.3) is 5.91 Å². The first-order valence-electron chi connectivity index (χ1n) is 7.27. The number of carbonyl (C=O) groups excluding carboxylic acids is 1. The molecule has 0 spiro atoms. The van der Waals surface area contributed by atoms with Gasteiger partial charge >= 0.3 is 0 Å². The van der Waals surface area contributed by atoms with Gasteiger partial charge < -0.3 is 0 Å². The highest BCUT2D eigenvalue weighted by Gasteiger charge is 2.10. The fourth-order valence-corrected chi connectivity index (χ4v) is 2.86. The van der Waals surface area contributed by atoms with Gasteiger partial charge in [-0.2, -0.15) is 0 Å². The fourth-order valence-electron chi connectivity index (χ4n) is 2.15. The summed E-state index contributed by atoms with van der Waals surface area (Å²) in [6.07, 6.45) is 0.996. The SMILES string of the molecule is CCc1ccc(-c2csc(NC(=O)c3ccc(F)cc3)n2)cc1. The molecule has 2 aromatic carbocycles. The Labute approximate surface area is 137 Å². The summed E-state index contributed by atoms with van der Waals surface area (Å²) < 4.78 is 12.9. The van der Waals surface area contributed by atoms with E-state index in [1.54, 1.807) is 0 Å². The number of halogens is 1. The van der Waals surface area contributed by atoms with E-state index in [4.69, 9.17) is 0 Å². The fraction of sp³-hybridized carbons (Fsp3) is 0.111. The van der Waals surface area contributed by atoms with Crippen molar-refractivity contribution >= 4 is 22.4 Å². The molecule has 0 fully saturated rings. The number of aryl methyl sites for hydroxylation is 1. The van der Waals surface area contributed by atoms with Crippen LogP contribution in [-0.4, -0.2) is 10.9 Å². The van der Waals surface area contributed by atoms with Gasteiger partial charge in [-0.1, -0.05) is 31.2 Å². The molecule has 0 radical (unpaired) electrons. The first kappa shape index (κ1) is 15.4. The van der Waals surface area contributed by atoms with E-state index in [0.717, 1.165) is 17.7 Å². The van der Waals surface area contributed by atoms with Crippen LogP contribution in [0.5, 0.6) is 0 Å². The minimum absolute atomic E-state index is 0.299. The number of thiazole rings is 1. The zero-order valence-electron chi connectivity index (χ0n) is 12.5. The smallest absolute Gasteiger partial charge is 0.257 e. The summed E-state index contributed by atoms with van der Waals surface area (Å²) in [5, 5.41) is 5.16. The Balaban J connectivity index is 1.73. The summed E-state index contributed by atoms with van der Waals surface area (Å²) in [5.41, 5.74) is 3.51. The monoisotopic (exact) mass is 326 g/mol. The normalized spacial score (nSPS) is 10.5. The highest BCUT2D eigenvalue weighted by molar-refractivity contribution is 7.14. The Morgan fingerprint density at radius 3 is 2.48 bits per heavy atom. The largest absolute Gasteiger partial charge is 0.298 e. The van der Waals surface area contributed by atoms with Gasteiger partial charge in [0.2, 0.25) is 0 Å². The van der Waals surface area contributed by atoms with Crippen molar-refractivity contribution in [2.75, 3.05) is 5.32 Å². The van der Waals surface area contributed by atoms with Gasteiger partial charge in [-0.15, -0.1) is 11.3 Å². The topological polar surface area (TPSA) is 42.0 Å². The molecule has 1 N–H and O–H groups in total. The third-order valence-electron chi connectivity index (χ3n) is 3.49. The Morgan fingerprint density at radius 1 is 1.13 bits per heavy atom. The van der Waals surface area contributed by atoms with Crippen molar-refractivity contribution in [2.24, 2.45) is 0 Å². The minimum Gasteiger partial charge on any atom is -0.298 e. The average molecular weight is 326 g/mol. The van der Waals surface area contributed by atoms with E-state index >= 15 is 0 Å². The van der Waals surface area contributed by atoms with Crippen LogP contribution in [0.15, 0.2) is 53.9 Å². The summed E-state index contributed by atoms with van der Waals surface area (Å²) in [7, 11) is 0. The van der Waals surface area contributed by atoms with Crippen LogP contribution < -0.4 is 5.32 Å². The molecule has 1 heterocycles. The molecule has 0 unspecified atom stereocenters. The second-order valence-corrected chi connectivity index (χ2v) is 5.91. The van der Waals surface area contributed by atoms with Gasteiger partial charge in [-0.25, -0.2) is 9.37 Å². The van der Waals surface area contributed by atoms with Crippen LogP contribution in [0.3, 0.4) is 0 Å². The zero-order valence-corrected chi connectivity index (χ0v) is 13.4. The highest BCUT2D eigenvalue weighted by Crippen LogP contribution is 2.25. The second-order valence-electron chi connectivity index (χ2n) is 5.05. The molecule has 0 saturated heterocycles. The van der Waals surface area contributed by atoms with Crippen molar-refractivity contribution in [3.05, 3.63) is 70.9 Å². The van der Waals surface area contributed by atoms with Gasteiger partial charge in [0.05, 0.1) is 5.69 Å². The number of benzene rings is 2. The van der Waals surface area contributed by atoms with E-state index in [1.807, 2.05) is 17.5 Å². The van der Waals surface area contributed by atoms with E-state index in [-0.39, 0.29) is 11.7 Å². The standard InChI is InChI=1S/C18H15FN2OS/c1-2-12-3-5-13(6-4-12)16-11-23-18(20-16)21-17(22)14-7-9-15(19)10-8-14/h3-11H,2H2,1H3,(H,20,21,22). The summed E-state index contributed by atoms with van der Waals surface area (Å²) in [6, 6.07) is 13.6. The lowest BCUT2D eigenvalue weighted by Gasteiger charge is -2.02. The number of anilines is 1. The average Bonchev–Trinajstić information content (AvgIpc) is 3.04. The Bertz CT molecular complexity index is 810. The number of aromatic nitrogens is 1. The Morgan fingerprint density at radius 2 is 1.83 bits per heavy atom. The predicted molar refractivity (Wildman–Crippen MR) is 91.3 cm³/mol. The van der Waals surface area contributed by atoms with Crippen LogP contribution in [0.25, 0.3) is 11.3 Å². The van der Waals surface area contributed by atoms with Crippen molar-refractivity contribution in [1.82, 2.24) is 4.98 Å². The number of amides is 1. The molecule has 3 nitrogen and oxygen atoms in total. The lowest BCUT2D eigenvalue weighted by Crippen LogP contribution is -2.11. The molecule has 23 heavy (non-hydrogen) atoms. The Hall–Kier alpha value is -2.53. The van der Waals surface area contributed by atoms with E-state index in [9.17, 15) is 9.18 Å². The van der Waals surface area contributed by atoms with Crippen molar-refractivity contribution in [3.63, 3.8) is 0 Å². The summed E-state index contributed by atoms with van der Waals surface area (Å²) in [5.74, 6) is -0.666. The van der Waals surface area contributed by atoms with Crippen molar-refractivity contribution in [2.45, 2.75) is 13.3 Å². The molecule has 0 aliphatic heterocycles. The van der Waals surface area contributed by atoms with E-state index in [0.29, 0.717) is 10.7 Å². The maximum atomic E-state index is 12.9. The van der Waals surface area contributed by atoms with Crippen LogP contribution in [-0.2, 0) is 6.42 Å². The molecule has 1 aromatic heterocycles. The molecule has 116 valence electrons. The lowest BCUT2D eigenvalue weighted by atomic mass is 10.1. The summed E-state index contributed by atoms with van der Waals surface area (Å²) in [4.78, 5) is 16.5. The molecule has 0 saturated carbocycles. The number of hydrogen-bond acceptors (Lipinski definition) is 3. The van der Waals surface area contributed by atoms with Crippen molar-refractivity contribution < 1.29 is 9.18 Å². The number of nitrogens with one attached hydrogen (secondary N) is 1. The van der Waals surface area contributed by atoms with E-state index < -0.39 is 0 Å². The molecule has 5 heteroatoms. The van der Waals surface area contributed by atoms with Gasteiger partial charge in [0, 0.05) is 16.5 Å².